The van der Waals surface area contributed by atoms with Crippen LogP contribution in [0.3, 0.4) is 0 Å². The molecule has 1 atom stereocenters. The minimum atomic E-state index is -2.29. The molecule has 1 rings (SSSR count). The molecule has 2 nitrogen and oxygen atoms in total. The van der Waals surface area contributed by atoms with Crippen LogP contribution in [-0.2, 0) is 0 Å². The number of nitrogens with one attached hydrogen (secondary N) is 1. The van der Waals surface area contributed by atoms with Gasteiger partial charge in [-0.1, -0.05) is 36.4 Å². The van der Waals surface area contributed by atoms with Crippen molar-refractivity contribution in [2.24, 2.45) is 5.92 Å². The van der Waals surface area contributed by atoms with Crippen molar-refractivity contribution in [2.45, 2.75) is 19.9 Å². The molecule has 1 aromatic carbocycles. The van der Waals surface area contributed by atoms with Gasteiger partial charge in [-0.25, -0.2) is 22.0 Å². The molecule has 0 saturated carbocycles. The Morgan fingerprint density at radius 2 is 1.40 bits per heavy atom. The summed E-state index contributed by atoms with van der Waals surface area (Å²) in [4.78, 5) is 11.7. The van der Waals surface area contributed by atoms with Crippen LogP contribution >= 0.6 is 22.6 Å². The second-order valence-corrected chi connectivity index (χ2v) is 5.30. The zero-order valence-corrected chi connectivity index (χ0v) is 12.7. The van der Waals surface area contributed by atoms with Crippen LogP contribution in [0.4, 0.5) is 22.0 Å². The number of carbonyl (C=O) groups excluding carboxylic acids is 1. The lowest BCUT2D eigenvalue weighted by molar-refractivity contribution is 0.0920. The van der Waals surface area contributed by atoms with Gasteiger partial charge in [0.25, 0.3) is 5.91 Å². The first kappa shape index (κ1) is 17.1. The van der Waals surface area contributed by atoms with E-state index >= 15 is 0 Å². The van der Waals surface area contributed by atoms with Crippen LogP contribution in [0.25, 0.3) is 0 Å². The highest BCUT2D eigenvalue weighted by molar-refractivity contribution is 14.1. The van der Waals surface area contributed by atoms with E-state index in [0.717, 1.165) is 0 Å². The maximum atomic E-state index is 13.4. The van der Waals surface area contributed by atoms with Gasteiger partial charge in [0.05, 0.1) is 0 Å². The summed E-state index contributed by atoms with van der Waals surface area (Å²) in [6.45, 7) is 3.50. The molecule has 8 heteroatoms. The molecule has 0 aromatic heterocycles. The minimum absolute atomic E-state index is 0.0582. The fourth-order valence-electron chi connectivity index (χ4n) is 1.43. The van der Waals surface area contributed by atoms with Gasteiger partial charge in [-0.05, 0) is 5.92 Å². The Kier molecular flexibility index (Phi) is 5.72. The molecular formula is C12H11F5INO. The molecular weight excluding hydrogens is 396 g/mol. The van der Waals surface area contributed by atoms with Crippen molar-refractivity contribution in [2.75, 3.05) is 4.43 Å². The van der Waals surface area contributed by atoms with E-state index in [1.165, 1.54) is 0 Å². The van der Waals surface area contributed by atoms with Gasteiger partial charge >= 0.3 is 0 Å². The van der Waals surface area contributed by atoms with Crippen LogP contribution in [-0.4, -0.2) is 16.4 Å². The van der Waals surface area contributed by atoms with Crippen LogP contribution < -0.4 is 5.32 Å². The molecule has 0 bridgehead atoms. The van der Waals surface area contributed by atoms with E-state index in [-0.39, 0.29) is 5.92 Å². The molecule has 1 amide bonds. The third-order valence-electron chi connectivity index (χ3n) is 2.72. The smallest absolute Gasteiger partial charge is 0.257 e. The third kappa shape index (κ3) is 3.21. The van der Waals surface area contributed by atoms with Crippen molar-refractivity contribution in [3.05, 3.63) is 34.6 Å². The van der Waals surface area contributed by atoms with Crippen molar-refractivity contribution in [3.8, 4) is 0 Å². The summed E-state index contributed by atoms with van der Waals surface area (Å²) in [6, 6.07) is -0.446. The highest BCUT2D eigenvalue weighted by Crippen LogP contribution is 2.23. The molecule has 1 aromatic rings. The van der Waals surface area contributed by atoms with Crippen LogP contribution in [0.2, 0.25) is 0 Å². The van der Waals surface area contributed by atoms with Crippen molar-refractivity contribution in [1.29, 1.82) is 0 Å². The summed E-state index contributed by atoms with van der Waals surface area (Å²) < 4.78 is 66.1. The molecule has 0 fully saturated rings. The van der Waals surface area contributed by atoms with E-state index in [0.29, 0.717) is 4.43 Å². The van der Waals surface area contributed by atoms with E-state index < -0.39 is 46.6 Å². The molecule has 0 heterocycles. The van der Waals surface area contributed by atoms with Crippen molar-refractivity contribution in [1.82, 2.24) is 5.32 Å². The monoisotopic (exact) mass is 407 g/mol. The topological polar surface area (TPSA) is 29.1 Å². The largest absolute Gasteiger partial charge is 0.348 e. The van der Waals surface area contributed by atoms with E-state index in [1.54, 1.807) is 13.8 Å². The number of hydrogen-bond acceptors (Lipinski definition) is 1. The number of halogens is 6. The predicted octanol–water partition coefficient (Wildman–Crippen LogP) is 3.57. The Labute approximate surface area is 125 Å². The van der Waals surface area contributed by atoms with Gasteiger partial charge < -0.3 is 5.32 Å². The van der Waals surface area contributed by atoms with Gasteiger partial charge in [-0.15, -0.1) is 0 Å². The van der Waals surface area contributed by atoms with Gasteiger partial charge in [-0.3, -0.25) is 4.79 Å². The first-order valence-corrected chi connectivity index (χ1v) is 7.13. The third-order valence-corrected chi connectivity index (χ3v) is 3.67. The van der Waals surface area contributed by atoms with E-state index in [4.69, 9.17) is 0 Å². The normalized spacial score (nSPS) is 12.7. The molecule has 0 radical (unpaired) electrons. The summed E-state index contributed by atoms with van der Waals surface area (Å²) >= 11 is 1.94. The van der Waals surface area contributed by atoms with Crippen molar-refractivity contribution >= 4 is 28.5 Å². The highest BCUT2D eigenvalue weighted by Gasteiger charge is 2.30. The second kappa shape index (κ2) is 6.68. The highest BCUT2D eigenvalue weighted by atomic mass is 127. The van der Waals surface area contributed by atoms with E-state index in [9.17, 15) is 26.7 Å². The lowest BCUT2D eigenvalue weighted by Gasteiger charge is -2.20. The van der Waals surface area contributed by atoms with Crippen LogP contribution in [0.5, 0.6) is 0 Å². The maximum absolute atomic E-state index is 13.4. The zero-order valence-electron chi connectivity index (χ0n) is 10.5. The molecule has 0 saturated heterocycles. The van der Waals surface area contributed by atoms with Gasteiger partial charge in [0.2, 0.25) is 5.82 Å². The lowest BCUT2D eigenvalue weighted by atomic mass is 10.1. The molecule has 0 aliphatic rings. The molecule has 112 valence electrons. The van der Waals surface area contributed by atoms with Crippen LogP contribution in [0.15, 0.2) is 0 Å². The average Bonchev–Trinajstić information content (AvgIpc) is 2.40. The molecule has 1 N–H and O–H groups in total. The quantitative estimate of drug-likeness (QED) is 0.267. The lowest BCUT2D eigenvalue weighted by Crippen LogP contribution is -2.40. The fraction of sp³-hybridized carbons (Fsp3) is 0.417. The SMILES string of the molecule is CC(C)C(CI)NC(=O)c1c(F)c(F)c(F)c(F)c1F. The summed E-state index contributed by atoms with van der Waals surface area (Å²) in [5.41, 5.74) is -1.46. The molecule has 0 spiro atoms. The first-order valence-electron chi connectivity index (χ1n) is 5.60. The van der Waals surface area contributed by atoms with Gasteiger partial charge in [0.1, 0.15) is 5.56 Å². The standard InChI is InChI=1S/C12H11F5INO/c1-4(2)5(3-18)19-12(20)6-7(13)9(15)11(17)10(16)8(6)14/h4-5H,3H2,1-2H3,(H,19,20). The average molecular weight is 407 g/mol. The fourth-order valence-corrected chi connectivity index (χ4v) is 2.67. The van der Waals surface area contributed by atoms with Gasteiger partial charge in [-0.2, -0.15) is 0 Å². The number of rotatable bonds is 4. The summed E-state index contributed by atoms with van der Waals surface area (Å²) in [6.07, 6.45) is 0. The van der Waals surface area contributed by atoms with Crippen LogP contribution in [0, 0.1) is 35.0 Å². The summed E-state index contributed by atoms with van der Waals surface area (Å²) in [5, 5.41) is 2.26. The molecule has 0 aliphatic heterocycles. The van der Waals surface area contributed by atoms with Gasteiger partial charge in [0.15, 0.2) is 23.3 Å². The zero-order chi connectivity index (χ0) is 15.6. The summed E-state index contributed by atoms with van der Waals surface area (Å²) in [5.74, 6) is -12.2. The van der Waals surface area contributed by atoms with E-state index in [2.05, 4.69) is 5.32 Å². The van der Waals surface area contributed by atoms with Gasteiger partial charge in [0, 0.05) is 10.5 Å². The van der Waals surface area contributed by atoms with Crippen molar-refractivity contribution in [3.63, 3.8) is 0 Å². The predicted molar refractivity (Wildman–Crippen MR) is 71.2 cm³/mol. The molecule has 0 aliphatic carbocycles. The number of hydrogen-bond donors (Lipinski definition) is 1. The van der Waals surface area contributed by atoms with Crippen molar-refractivity contribution < 1.29 is 26.7 Å². The first-order chi connectivity index (χ1) is 9.22. The van der Waals surface area contributed by atoms with Crippen LogP contribution in [0.1, 0.15) is 24.2 Å². The Bertz CT molecular complexity index is 506. The number of alkyl halides is 1. The number of carbonyl (C=O) groups is 1. The molecule has 1 unspecified atom stereocenters. The minimum Gasteiger partial charge on any atom is -0.348 e. The number of amides is 1. The molecule has 20 heavy (non-hydrogen) atoms. The second-order valence-electron chi connectivity index (χ2n) is 4.42. The Hall–Kier alpha value is -0.930. The summed E-state index contributed by atoms with van der Waals surface area (Å²) in [7, 11) is 0. The maximum Gasteiger partial charge on any atom is 0.257 e. The Balaban J connectivity index is 3.24. The Morgan fingerprint density at radius 3 is 1.75 bits per heavy atom. The number of benzene rings is 1. The Morgan fingerprint density at radius 1 is 1.00 bits per heavy atom. The van der Waals surface area contributed by atoms with E-state index in [1.807, 2.05) is 22.6 Å².